The minimum atomic E-state index is -0.607. The van der Waals surface area contributed by atoms with Crippen molar-refractivity contribution < 1.29 is 14.3 Å². The van der Waals surface area contributed by atoms with Crippen molar-refractivity contribution in [1.29, 1.82) is 0 Å². The van der Waals surface area contributed by atoms with E-state index >= 15 is 0 Å². The Morgan fingerprint density at radius 2 is 1.87 bits per heavy atom. The molecule has 1 heterocycles. The minimum Gasteiger partial charge on any atom is -0.477 e. The number of nitrogens with zero attached hydrogens (tertiary/aromatic N) is 2. The lowest BCUT2D eigenvalue weighted by Crippen LogP contribution is -2.55. The molecule has 4 aliphatic carbocycles. The van der Waals surface area contributed by atoms with Crippen LogP contribution in [-0.4, -0.2) is 34.6 Å². The van der Waals surface area contributed by atoms with E-state index in [4.69, 9.17) is 4.74 Å². The van der Waals surface area contributed by atoms with E-state index < -0.39 is 5.41 Å². The highest BCUT2D eigenvalue weighted by molar-refractivity contribution is 5.96. The maximum atomic E-state index is 13.2. The first-order valence-corrected chi connectivity index (χ1v) is 11.4. The van der Waals surface area contributed by atoms with Gasteiger partial charge < -0.3 is 14.8 Å². The van der Waals surface area contributed by atoms with Crippen molar-refractivity contribution in [3.63, 3.8) is 0 Å². The van der Waals surface area contributed by atoms with E-state index in [0.717, 1.165) is 18.1 Å². The van der Waals surface area contributed by atoms with Crippen LogP contribution in [-0.2, 0) is 4.79 Å². The summed E-state index contributed by atoms with van der Waals surface area (Å²) in [5.74, 6) is 3.66. The van der Waals surface area contributed by atoms with Crippen molar-refractivity contribution in [3.8, 4) is 5.88 Å². The highest BCUT2D eigenvalue weighted by Crippen LogP contribution is 2.53. The Hall–Kier alpha value is -2.11. The number of amides is 1. The predicted molar refractivity (Wildman–Crippen MR) is 116 cm³/mol. The van der Waals surface area contributed by atoms with E-state index in [2.05, 4.69) is 24.3 Å². The smallest absolute Gasteiger partial charge is 0.258 e. The van der Waals surface area contributed by atoms with Crippen molar-refractivity contribution in [3.05, 3.63) is 17.8 Å². The number of carbonyl (C=O) groups is 2. The number of ether oxygens (including phenoxy) is 1. The van der Waals surface area contributed by atoms with E-state index in [0.29, 0.717) is 35.8 Å². The summed E-state index contributed by atoms with van der Waals surface area (Å²) in [6.45, 7) is 8.29. The van der Waals surface area contributed by atoms with Gasteiger partial charge in [0.1, 0.15) is 11.8 Å². The van der Waals surface area contributed by atoms with Gasteiger partial charge in [-0.05, 0) is 75.5 Å². The Morgan fingerprint density at radius 3 is 2.43 bits per heavy atom. The van der Waals surface area contributed by atoms with Crippen LogP contribution in [0.5, 0.6) is 5.88 Å². The summed E-state index contributed by atoms with van der Waals surface area (Å²) < 4.78 is 7.57. The normalized spacial score (nSPS) is 30.2. The molecular formula is C24H35N3O3. The van der Waals surface area contributed by atoms with Crippen molar-refractivity contribution in [2.24, 2.45) is 35.0 Å². The number of aromatic nitrogens is 2. The molecule has 4 saturated carbocycles. The van der Waals surface area contributed by atoms with Crippen LogP contribution in [0.15, 0.2) is 12.3 Å². The van der Waals surface area contributed by atoms with Crippen LogP contribution in [0.2, 0.25) is 0 Å². The van der Waals surface area contributed by atoms with Gasteiger partial charge in [-0.2, -0.15) is 5.10 Å². The lowest BCUT2D eigenvalue weighted by atomic mass is 9.54. The SMILES string of the molecule is CC(C)COc1c(C(=O)NC2C3CC4CC(C3)CC2C4)cnn1/C=C/C(C)(C)C=O. The van der Waals surface area contributed by atoms with E-state index in [1.807, 2.05) is 13.8 Å². The molecule has 1 aromatic rings. The molecule has 6 heteroatoms. The molecule has 0 aliphatic heterocycles. The fraction of sp³-hybridized carbons (Fsp3) is 0.708. The zero-order chi connectivity index (χ0) is 21.5. The highest BCUT2D eigenvalue weighted by Gasteiger charge is 2.48. The van der Waals surface area contributed by atoms with Gasteiger partial charge in [-0.3, -0.25) is 4.79 Å². The fourth-order valence-electron chi connectivity index (χ4n) is 5.69. The van der Waals surface area contributed by atoms with Crippen LogP contribution >= 0.6 is 0 Å². The average Bonchev–Trinajstić information content (AvgIpc) is 3.10. The van der Waals surface area contributed by atoms with Crippen LogP contribution in [0.4, 0.5) is 0 Å². The molecule has 1 aromatic heterocycles. The number of allylic oxidation sites excluding steroid dienone is 1. The minimum absolute atomic E-state index is 0.0967. The summed E-state index contributed by atoms with van der Waals surface area (Å²) in [5.41, 5.74) is -0.137. The quantitative estimate of drug-likeness (QED) is 0.649. The topological polar surface area (TPSA) is 73.2 Å². The molecule has 4 fully saturated rings. The molecule has 0 saturated heterocycles. The second-order valence-electron chi connectivity index (χ2n) is 10.7. The first-order chi connectivity index (χ1) is 14.3. The number of aldehydes is 1. The van der Waals surface area contributed by atoms with Gasteiger partial charge in [-0.25, -0.2) is 4.68 Å². The Balaban J connectivity index is 1.53. The Bertz CT molecular complexity index is 796. The second-order valence-corrected chi connectivity index (χ2v) is 10.7. The number of rotatable bonds is 8. The molecule has 1 N–H and O–H groups in total. The number of carbonyl (C=O) groups excluding carboxylic acids is 2. The first-order valence-electron chi connectivity index (χ1n) is 11.4. The summed E-state index contributed by atoms with van der Waals surface area (Å²) in [6.07, 6.45) is 12.4. The second kappa shape index (κ2) is 8.20. The monoisotopic (exact) mass is 413 g/mol. The molecule has 30 heavy (non-hydrogen) atoms. The van der Waals surface area contributed by atoms with Crippen LogP contribution in [0.3, 0.4) is 0 Å². The predicted octanol–water partition coefficient (Wildman–Crippen LogP) is 4.17. The largest absolute Gasteiger partial charge is 0.477 e. The third-order valence-electron chi connectivity index (χ3n) is 7.02. The number of nitrogens with one attached hydrogen (secondary N) is 1. The standard InChI is InChI=1S/C24H35N3O3/c1-15(2)13-30-23-20(12-25-27(23)6-5-24(3,4)14-28)22(29)26-21-18-8-16-7-17(10-18)11-19(21)9-16/h5-6,12,14-19,21H,7-11,13H2,1-4H3,(H,26,29)/b6-5+. The van der Waals surface area contributed by atoms with Crippen molar-refractivity contribution in [1.82, 2.24) is 15.1 Å². The zero-order valence-corrected chi connectivity index (χ0v) is 18.6. The van der Waals surface area contributed by atoms with Gasteiger partial charge >= 0.3 is 0 Å². The maximum Gasteiger partial charge on any atom is 0.258 e. The summed E-state index contributed by atoms with van der Waals surface area (Å²) in [4.78, 5) is 24.5. The highest BCUT2D eigenvalue weighted by atomic mass is 16.5. The first kappa shape index (κ1) is 21.1. The Morgan fingerprint density at radius 1 is 1.23 bits per heavy atom. The van der Waals surface area contributed by atoms with E-state index in [1.54, 1.807) is 23.2 Å². The van der Waals surface area contributed by atoms with Gasteiger partial charge in [0, 0.05) is 17.7 Å². The molecule has 0 atom stereocenters. The van der Waals surface area contributed by atoms with Gasteiger partial charge in [0.2, 0.25) is 5.88 Å². The van der Waals surface area contributed by atoms with E-state index in [9.17, 15) is 9.59 Å². The molecule has 0 radical (unpaired) electrons. The third kappa shape index (κ3) is 4.33. The van der Waals surface area contributed by atoms with Crippen LogP contribution < -0.4 is 10.1 Å². The van der Waals surface area contributed by atoms with E-state index in [-0.39, 0.29) is 11.9 Å². The zero-order valence-electron chi connectivity index (χ0n) is 18.6. The Labute approximate surface area is 179 Å². The molecule has 164 valence electrons. The van der Waals surface area contributed by atoms with Gasteiger partial charge in [0.05, 0.1) is 12.8 Å². The molecule has 0 unspecified atom stereocenters. The summed E-state index contributed by atoms with van der Waals surface area (Å²) in [7, 11) is 0. The van der Waals surface area contributed by atoms with Crippen molar-refractivity contribution in [2.45, 2.75) is 65.8 Å². The summed E-state index contributed by atoms with van der Waals surface area (Å²) >= 11 is 0. The van der Waals surface area contributed by atoms with E-state index in [1.165, 1.54) is 32.1 Å². The molecule has 4 aliphatic rings. The lowest BCUT2D eigenvalue weighted by Gasteiger charge is -2.54. The molecule has 0 spiro atoms. The van der Waals surface area contributed by atoms with Gasteiger partial charge in [-0.15, -0.1) is 0 Å². The third-order valence-corrected chi connectivity index (χ3v) is 7.02. The van der Waals surface area contributed by atoms with Crippen LogP contribution in [0.1, 0.15) is 70.2 Å². The lowest BCUT2D eigenvalue weighted by molar-refractivity contribution is -0.112. The molecular weight excluding hydrogens is 378 g/mol. The van der Waals surface area contributed by atoms with Crippen molar-refractivity contribution >= 4 is 18.4 Å². The maximum absolute atomic E-state index is 13.2. The summed E-state index contributed by atoms with van der Waals surface area (Å²) in [6, 6.07) is 0.274. The fourth-order valence-corrected chi connectivity index (χ4v) is 5.69. The molecule has 4 bridgehead atoms. The van der Waals surface area contributed by atoms with Crippen LogP contribution in [0, 0.1) is 35.0 Å². The van der Waals surface area contributed by atoms with Crippen LogP contribution in [0.25, 0.3) is 6.20 Å². The number of hydrogen-bond acceptors (Lipinski definition) is 4. The number of hydrogen-bond donors (Lipinski definition) is 1. The molecule has 0 aromatic carbocycles. The van der Waals surface area contributed by atoms with Gasteiger partial charge in [-0.1, -0.05) is 19.9 Å². The molecule has 1 amide bonds. The van der Waals surface area contributed by atoms with Gasteiger partial charge in [0.25, 0.3) is 5.91 Å². The summed E-state index contributed by atoms with van der Waals surface area (Å²) in [5, 5.41) is 7.72. The van der Waals surface area contributed by atoms with Gasteiger partial charge in [0.15, 0.2) is 0 Å². The average molecular weight is 414 g/mol. The van der Waals surface area contributed by atoms with Crippen molar-refractivity contribution in [2.75, 3.05) is 6.61 Å². The molecule has 5 rings (SSSR count). The Kier molecular flexibility index (Phi) is 5.78. The molecule has 6 nitrogen and oxygen atoms in total.